The molecular weight excluding hydrogens is 422 g/mol. The first-order valence-electron chi connectivity index (χ1n) is 10.1. The summed E-state index contributed by atoms with van der Waals surface area (Å²) in [6, 6.07) is 12.3. The van der Waals surface area contributed by atoms with Gasteiger partial charge in [0.15, 0.2) is 0 Å². The number of fused-ring (bicyclic) bond motifs is 1. The van der Waals surface area contributed by atoms with Gasteiger partial charge >= 0.3 is 0 Å². The summed E-state index contributed by atoms with van der Waals surface area (Å²) in [5.74, 6) is -0.156. The number of hydrogen-bond donors (Lipinski definition) is 0. The van der Waals surface area contributed by atoms with E-state index in [0.717, 1.165) is 18.4 Å². The Morgan fingerprint density at radius 1 is 1.13 bits per heavy atom. The standard InChI is InChI=1S/C22H26ClN3O3S/c1-24(2)18-7-5-12-25(15-18)22(27)17-9-10-19(23)21(14-17)30(28,29)26-13-11-16-6-3-4-8-20(16)26/h3-4,6,8-10,14,18H,5,7,11-13,15H2,1-2H3. The number of piperidine rings is 1. The van der Waals surface area contributed by atoms with E-state index in [4.69, 9.17) is 11.6 Å². The molecule has 2 aromatic carbocycles. The second-order valence-corrected chi connectivity index (χ2v) is 10.3. The zero-order valence-corrected chi connectivity index (χ0v) is 18.8. The molecule has 2 aromatic rings. The molecule has 160 valence electrons. The number of benzene rings is 2. The minimum absolute atomic E-state index is 0.0205. The van der Waals surface area contributed by atoms with E-state index in [1.807, 2.05) is 32.3 Å². The van der Waals surface area contributed by atoms with E-state index in [-0.39, 0.29) is 15.8 Å². The Balaban J connectivity index is 1.65. The van der Waals surface area contributed by atoms with Crippen LogP contribution in [0.4, 0.5) is 5.69 Å². The molecule has 1 unspecified atom stereocenters. The SMILES string of the molecule is CN(C)C1CCCN(C(=O)c2ccc(Cl)c(S(=O)(=O)N3CCc4ccccc43)c2)C1. The third-order valence-corrected chi connectivity index (χ3v) is 8.30. The summed E-state index contributed by atoms with van der Waals surface area (Å²) in [5.41, 5.74) is 2.02. The number of para-hydroxylation sites is 1. The van der Waals surface area contributed by atoms with Gasteiger partial charge in [0, 0.05) is 31.2 Å². The van der Waals surface area contributed by atoms with Gasteiger partial charge in [-0.25, -0.2) is 8.42 Å². The molecule has 0 aliphatic carbocycles. The van der Waals surface area contributed by atoms with Gasteiger partial charge in [-0.2, -0.15) is 0 Å². The summed E-state index contributed by atoms with van der Waals surface area (Å²) in [4.78, 5) is 17.0. The number of amides is 1. The molecule has 1 atom stereocenters. The van der Waals surface area contributed by atoms with Gasteiger partial charge in [-0.15, -0.1) is 0 Å². The largest absolute Gasteiger partial charge is 0.337 e. The summed E-state index contributed by atoms with van der Waals surface area (Å²) in [5, 5.41) is 0.126. The van der Waals surface area contributed by atoms with Crippen LogP contribution in [0.15, 0.2) is 47.4 Å². The van der Waals surface area contributed by atoms with Gasteiger partial charge in [0.25, 0.3) is 15.9 Å². The van der Waals surface area contributed by atoms with E-state index in [1.165, 1.54) is 16.4 Å². The molecule has 2 aliphatic heterocycles. The average molecular weight is 448 g/mol. The fraction of sp³-hybridized carbons (Fsp3) is 0.409. The molecule has 0 saturated carbocycles. The molecule has 0 aromatic heterocycles. The lowest BCUT2D eigenvalue weighted by atomic mass is 10.0. The quantitative estimate of drug-likeness (QED) is 0.721. The summed E-state index contributed by atoms with van der Waals surface area (Å²) >= 11 is 6.30. The highest BCUT2D eigenvalue weighted by Crippen LogP contribution is 2.35. The predicted molar refractivity (Wildman–Crippen MR) is 119 cm³/mol. The van der Waals surface area contributed by atoms with Crippen molar-refractivity contribution in [1.82, 2.24) is 9.80 Å². The highest BCUT2D eigenvalue weighted by molar-refractivity contribution is 7.93. The van der Waals surface area contributed by atoms with Crippen molar-refractivity contribution in [1.29, 1.82) is 0 Å². The number of nitrogens with zero attached hydrogens (tertiary/aromatic N) is 3. The Hall–Kier alpha value is -2.09. The van der Waals surface area contributed by atoms with Crippen LogP contribution >= 0.6 is 11.6 Å². The number of likely N-dealkylation sites (N-methyl/N-ethyl adjacent to an activating group) is 1. The Kier molecular flexibility index (Phi) is 5.79. The topological polar surface area (TPSA) is 60.9 Å². The Bertz CT molecular complexity index is 1070. The lowest BCUT2D eigenvalue weighted by Crippen LogP contribution is -2.47. The zero-order valence-electron chi connectivity index (χ0n) is 17.2. The molecular formula is C22H26ClN3O3S. The maximum absolute atomic E-state index is 13.4. The van der Waals surface area contributed by atoms with Gasteiger partial charge in [-0.3, -0.25) is 9.10 Å². The third-order valence-electron chi connectivity index (χ3n) is 6.00. The molecule has 0 N–H and O–H groups in total. The van der Waals surface area contributed by atoms with Gasteiger partial charge in [0.2, 0.25) is 0 Å². The van der Waals surface area contributed by atoms with Crippen molar-refractivity contribution < 1.29 is 13.2 Å². The number of likely N-dealkylation sites (tertiary alicyclic amines) is 1. The van der Waals surface area contributed by atoms with Crippen molar-refractivity contribution in [3.8, 4) is 0 Å². The molecule has 2 heterocycles. The van der Waals surface area contributed by atoms with Gasteiger partial charge in [0.1, 0.15) is 4.90 Å². The van der Waals surface area contributed by atoms with Crippen LogP contribution in [0.3, 0.4) is 0 Å². The highest BCUT2D eigenvalue weighted by Gasteiger charge is 2.33. The van der Waals surface area contributed by atoms with E-state index in [1.54, 1.807) is 17.0 Å². The van der Waals surface area contributed by atoms with Crippen molar-refractivity contribution in [2.24, 2.45) is 0 Å². The number of anilines is 1. The van der Waals surface area contributed by atoms with Crippen molar-refractivity contribution in [2.75, 3.05) is 38.0 Å². The van der Waals surface area contributed by atoms with Gasteiger partial charge in [0.05, 0.1) is 10.7 Å². The van der Waals surface area contributed by atoms with Crippen LogP contribution in [0.25, 0.3) is 0 Å². The maximum Gasteiger partial charge on any atom is 0.265 e. The van der Waals surface area contributed by atoms with Crippen LogP contribution in [0.5, 0.6) is 0 Å². The molecule has 2 aliphatic rings. The fourth-order valence-electron chi connectivity index (χ4n) is 4.25. The first-order chi connectivity index (χ1) is 14.3. The summed E-state index contributed by atoms with van der Waals surface area (Å²) < 4.78 is 28.2. The molecule has 1 amide bonds. The van der Waals surface area contributed by atoms with Crippen molar-refractivity contribution in [2.45, 2.75) is 30.2 Å². The first-order valence-corrected chi connectivity index (χ1v) is 12.0. The molecule has 6 nitrogen and oxygen atoms in total. The predicted octanol–water partition coefficient (Wildman–Crippen LogP) is 3.26. The Labute approximate surface area is 183 Å². The van der Waals surface area contributed by atoms with E-state index in [0.29, 0.717) is 43.3 Å². The molecule has 1 saturated heterocycles. The number of hydrogen-bond acceptors (Lipinski definition) is 4. The second-order valence-electron chi connectivity index (χ2n) is 8.11. The smallest absolute Gasteiger partial charge is 0.265 e. The van der Waals surface area contributed by atoms with Crippen LogP contribution in [-0.4, -0.2) is 63.9 Å². The highest BCUT2D eigenvalue weighted by atomic mass is 35.5. The molecule has 1 fully saturated rings. The van der Waals surface area contributed by atoms with Crippen molar-refractivity contribution in [3.05, 3.63) is 58.6 Å². The van der Waals surface area contributed by atoms with Crippen LogP contribution in [0.2, 0.25) is 5.02 Å². The Morgan fingerprint density at radius 2 is 1.90 bits per heavy atom. The average Bonchev–Trinajstić information content (AvgIpc) is 3.18. The number of halogens is 1. The zero-order chi connectivity index (χ0) is 21.5. The summed E-state index contributed by atoms with van der Waals surface area (Å²) in [7, 11) is 0.155. The van der Waals surface area contributed by atoms with Crippen molar-refractivity contribution >= 4 is 33.2 Å². The van der Waals surface area contributed by atoms with Gasteiger partial charge in [-0.1, -0.05) is 29.8 Å². The first kappa shape index (κ1) is 21.2. The molecule has 0 radical (unpaired) electrons. The number of sulfonamides is 1. The van der Waals surface area contributed by atoms with E-state index < -0.39 is 10.0 Å². The normalized spacial score (nSPS) is 19.3. The molecule has 4 rings (SSSR count). The van der Waals surface area contributed by atoms with Crippen LogP contribution in [0, 0.1) is 0 Å². The maximum atomic E-state index is 13.4. The van der Waals surface area contributed by atoms with E-state index in [9.17, 15) is 13.2 Å². The minimum atomic E-state index is -3.87. The second kappa shape index (κ2) is 8.21. The number of carbonyl (C=O) groups is 1. The number of carbonyl (C=O) groups excluding carboxylic acids is 1. The monoisotopic (exact) mass is 447 g/mol. The third kappa shape index (κ3) is 3.82. The lowest BCUT2D eigenvalue weighted by Gasteiger charge is -2.36. The summed E-state index contributed by atoms with van der Waals surface area (Å²) in [6.45, 7) is 1.68. The van der Waals surface area contributed by atoms with Crippen molar-refractivity contribution in [3.63, 3.8) is 0 Å². The van der Waals surface area contributed by atoms with Gasteiger partial charge < -0.3 is 9.80 Å². The van der Waals surface area contributed by atoms with Crippen LogP contribution in [-0.2, 0) is 16.4 Å². The van der Waals surface area contributed by atoms with Gasteiger partial charge in [-0.05, 0) is 63.2 Å². The molecule has 8 heteroatoms. The van der Waals surface area contributed by atoms with Crippen LogP contribution < -0.4 is 4.31 Å². The molecule has 0 spiro atoms. The fourth-order valence-corrected chi connectivity index (χ4v) is 6.26. The van der Waals surface area contributed by atoms with Crippen LogP contribution in [0.1, 0.15) is 28.8 Å². The minimum Gasteiger partial charge on any atom is -0.337 e. The molecule has 0 bridgehead atoms. The molecule has 30 heavy (non-hydrogen) atoms. The summed E-state index contributed by atoms with van der Waals surface area (Å²) in [6.07, 6.45) is 2.63. The van der Waals surface area contributed by atoms with E-state index in [2.05, 4.69) is 4.90 Å². The lowest BCUT2D eigenvalue weighted by molar-refractivity contribution is 0.0635. The Morgan fingerprint density at radius 3 is 2.67 bits per heavy atom. The number of rotatable bonds is 4. The van der Waals surface area contributed by atoms with E-state index >= 15 is 0 Å².